The molecule has 0 fully saturated rings. The van der Waals surface area contributed by atoms with Crippen molar-refractivity contribution in [3.63, 3.8) is 0 Å². The molecule has 0 amide bonds. The van der Waals surface area contributed by atoms with Crippen molar-refractivity contribution in [2.24, 2.45) is 5.73 Å². The van der Waals surface area contributed by atoms with Crippen LogP contribution in [0.3, 0.4) is 0 Å². The first-order chi connectivity index (χ1) is 27.8. The smallest absolute Gasteiger partial charge is 0.462 e. The molecule has 9 nitrogen and oxygen atoms in total. The predicted molar refractivity (Wildman–Crippen MR) is 238 cm³/mol. The van der Waals surface area contributed by atoms with Crippen molar-refractivity contribution in [1.29, 1.82) is 0 Å². The zero-order chi connectivity index (χ0) is 41.8. The summed E-state index contributed by atoms with van der Waals surface area (Å²) in [4.78, 5) is 34.8. The van der Waals surface area contributed by atoms with Gasteiger partial charge in [0.25, 0.3) is 0 Å². The second-order valence-corrected chi connectivity index (χ2v) is 14.9. The van der Waals surface area contributed by atoms with Crippen molar-refractivity contribution in [3.05, 3.63) is 109 Å². The van der Waals surface area contributed by atoms with E-state index < -0.39 is 32.5 Å². The molecule has 2 unspecified atom stereocenters. The maximum atomic E-state index is 12.5. The molecule has 0 rings (SSSR count). The van der Waals surface area contributed by atoms with Gasteiger partial charge in [-0.25, -0.2) is 4.57 Å². The van der Waals surface area contributed by atoms with Crippen LogP contribution in [0.2, 0.25) is 0 Å². The Balaban J connectivity index is 4.42. The summed E-state index contributed by atoms with van der Waals surface area (Å²) in [5, 5.41) is 0. The topological polar surface area (TPSA) is 134 Å². The van der Waals surface area contributed by atoms with E-state index in [9.17, 15) is 19.0 Å². The summed E-state index contributed by atoms with van der Waals surface area (Å²) >= 11 is 0. The molecular weight excluding hydrogens is 737 g/mol. The van der Waals surface area contributed by atoms with E-state index in [2.05, 4.69) is 98.9 Å². The van der Waals surface area contributed by atoms with Crippen LogP contribution in [-0.2, 0) is 32.7 Å². The number of carbonyl (C=O) groups is 2. The Morgan fingerprint density at radius 2 is 0.965 bits per heavy atom. The quantitative estimate of drug-likeness (QED) is 0.0270. The lowest BCUT2D eigenvalue weighted by molar-refractivity contribution is -0.161. The van der Waals surface area contributed by atoms with Gasteiger partial charge in [0.2, 0.25) is 0 Å². The largest absolute Gasteiger partial charge is 0.472 e. The summed E-state index contributed by atoms with van der Waals surface area (Å²) in [6.45, 7) is 3.42. The SMILES string of the molecule is CC/C=C\C/C=C\C/C=C\C/C=C\C/C=C\C/C=C\CCC(=O)OC(COC(=O)CC/C=C\C/C=C\C/C=C\CCCCCCCCC)COP(=O)(O)OCCN. The van der Waals surface area contributed by atoms with Crippen molar-refractivity contribution in [2.45, 2.75) is 148 Å². The van der Waals surface area contributed by atoms with Crippen molar-refractivity contribution in [1.82, 2.24) is 0 Å². The lowest BCUT2D eigenvalue weighted by atomic mass is 10.1. The first-order valence-electron chi connectivity index (χ1n) is 21.4. The van der Waals surface area contributed by atoms with Crippen molar-refractivity contribution in [3.8, 4) is 0 Å². The van der Waals surface area contributed by atoms with Gasteiger partial charge in [0.05, 0.1) is 13.2 Å². The van der Waals surface area contributed by atoms with E-state index in [1.54, 1.807) is 0 Å². The van der Waals surface area contributed by atoms with E-state index >= 15 is 0 Å². The number of rotatable bonds is 38. The molecule has 0 aromatic rings. The summed E-state index contributed by atoms with van der Waals surface area (Å²) in [5.74, 6) is -1.03. The van der Waals surface area contributed by atoms with Gasteiger partial charge in [-0.15, -0.1) is 0 Å². The number of unbranched alkanes of at least 4 members (excludes halogenated alkanes) is 7. The molecule has 0 aromatic heterocycles. The number of nitrogens with two attached hydrogens (primary N) is 1. The normalized spacial score (nSPS) is 14.4. The van der Waals surface area contributed by atoms with Gasteiger partial charge in [-0.05, 0) is 77.0 Å². The molecule has 0 heterocycles. The summed E-state index contributed by atoms with van der Waals surface area (Å²) in [5.41, 5.74) is 5.33. The summed E-state index contributed by atoms with van der Waals surface area (Å²) in [6, 6.07) is 0. The predicted octanol–water partition coefficient (Wildman–Crippen LogP) is 12.4. The molecule has 0 aliphatic rings. The Hall–Kier alpha value is -3.33. The van der Waals surface area contributed by atoms with Crippen molar-refractivity contribution >= 4 is 19.8 Å². The highest BCUT2D eigenvalue weighted by Gasteiger charge is 2.25. The molecule has 3 N–H and O–H groups in total. The summed E-state index contributed by atoms with van der Waals surface area (Å²) in [6.07, 6.45) is 55.8. The average molecular weight is 814 g/mol. The second-order valence-electron chi connectivity index (χ2n) is 13.5. The Kier molecular flexibility index (Phi) is 39.8. The van der Waals surface area contributed by atoms with Gasteiger partial charge in [0.15, 0.2) is 6.10 Å². The third kappa shape index (κ3) is 42.1. The molecule has 10 heteroatoms. The molecule has 322 valence electrons. The van der Waals surface area contributed by atoms with Crippen LogP contribution in [0.5, 0.6) is 0 Å². The summed E-state index contributed by atoms with van der Waals surface area (Å²) < 4.78 is 32.6. The van der Waals surface area contributed by atoms with E-state index in [1.807, 2.05) is 24.3 Å². The minimum atomic E-state index is -4.42. The molecule has 0 bridgehead atoms. The summed E-state index contributed by atoms with van der Waals surface area (Å²) in [7, 11) is -4.42. The highest BCUT2D eigenvalue weighted by molar-refractivity contribution is 7.47. The van der Waals surface area contributed by atoms with Crippen molar-refractivity contribution in [2.75, 3.05) is 26.4 Å². The van der Waals surface area contributed by atoms with Gasteiger partial charge in [-0.3, -0.25) is 18.6 Å². The van der Waals surface area contributed by atoms with Crippen LogP contribution in [0.1, 0.15) is 142 Å². The van der Waals surface area contributed by atoms with Crippen LogP contribution in [0.15, 0.2) is 109 Å². The minimum absolute atomic E-state index is 0.0278. The van der Waals surface area contributed by atoms with Crippen LogP contribution in [-0.4, -0.2) is 49.3 Å². The van der Waals surface area contributed by atoms with Crippen LogP contribution in [0, 0.1) is 0 Å². The standard InChI is InChI=1S/C47H76NO8P/c1-3-5-7-9-11-13-15-17-19-21-22-24-26-28-30-32-34-36-38-40-47(50)56-45(44-55-57(51,52)54-42-41-48)43-53-46(49)39-37-35-33-31-29-27-25-23-20-18-16-14-12-10-8-6-4-2/h5,7,11,13,17,19-20,22-24,27-30,33-36,45H,3-4,6,8-10,12,14-16,18,21,25-26,31-32,37-44,48H2,1-2H3,(H,51,52)/b7-5-,13-11-,19-17-,23-20-,24-22-,29-27-,30-28-,35-33-,36-34-. The van der Waals surface area contributed by atoms with Gasteiger partial charge < -0.3 is 20.1 Å². The lowest BCUT2D eigenvalue weighted by Gasteiger charge is -2.19. The first-order valence-corrected chi connectivity index (χ1v) is 22.9. The first kappa shape index (κ1) is 53.7. The van der Waals surface area contributed by atoms with E-state index in [0.29, 0.717) is 12.8 Å². The fraction of sp³-hybridized carbons (Fsp3) is 0.574. The molecule has 2 atom stereocenters. The number of hydrogen-bond donors (Lipinski definition) is 2. The van der Waals surface area contributed by atoms with Gasteiger partial charge in [-0.2, -0.15) is 0 Å². The van der Waals surface area contributed by atoms with Gasteiger partial charge in [0.1, 0.15) is 6.61 Å². The number of phosphoric ester groups is 1. The fourth-order valence-corrected chi connectivity index (χ4v) is 5.81. The fourth-order valence-electron chi connectivity index (χ4n) is 5.04. The Morgan fingerprint density at radius 1 is 0.544 bits per heavy atom. The maximum Gasteiger partial charge on any atom is 0.472 e. The van der Waals surface area contributed by atoms with E-state index in [1.165, 1.54) is 44.9 Å². The van der Waals surface area contributed by atoms with E-state index in [-0.39, 0.29) is 32.6 Å². The Labute approximate surface area is 346 Å². The molecule has 57 heavy (non-hydrogen) atoms. The molecule has 0 saturated carbocycles. The van der Waals surface area contributed by atoms with Crippen LogP contribution >= 0.6 is 7.82 Å². The molecule has 0 spiro atoms. The van der Waals surface area contributed by atoms with Gasteiger partial charge in [0, 0.05) is 19.4 Å². The van der Waals surface area contributed by atoms with E-state index in [0.717, 1.165) is 57.8 Å². The van der Waals surface area contributed by atoms with Crippen LogP contribution < -0.4 is 5.73 Å². The molecule has 0 aliphatic carbocycles. The lowest BCUT2D eigenvalue weighted by Crippen LogP contribution is -2.29. The maximum absolute atomic E-state index is 12.5. The molecule has 0 aromatic carbocycles. The number of ether oxygens (including phenoxy) is 2. The molecule has 0 saturated heterocycles. The number of esters is 2. The average Bonchev–Trinajstić information content (AvgIpc) is 3.20. The zero-order valence-electron chi connectivity index (χ0n) is 35.3. The third-order valence-electron chi connectivity index (χ3n) is 8.17. The molecule has 0 radical (unpaired) electrons. The Morgan fingerprint density at radius 3 is 1.44 bits per heavy atom. The van der Waals surface area contributed by atoms with E-state index in [4.69, 9.17) is 24.3 Å². The third-order valence-corrected chi connectivity index (χ3v) is 9.15. The van der Waals surface area contributed by atoms with Crippen LogP contribution in [0.4, 0.5) is 0 Å². The van der Waals surface area contributed by atoms with Gasteiger partial charge in [-0.1, -0.05) is 162 Å². The van der Waals surface area contributed by atoms with Gasteiger partial charge >= 0.3 is 19.8 Å². The minimum Gasteiger partial charge on any atom is -0.462 e. The highest BCUT2D eigenvalue weighted by atomic mass is 31.2. The molecular formula is C47H76NO8P. The Bertz CT molecular complexity index is 1290. The van der Waals surface area contributed by atoms with Crippen LogP contribution in [0.25, 0.3) is 0 Å². The zero-order valence-corrected chi connectivity index (χ0v) is 36.2. The monoisotopic (exact) mass is 814 g/mol. The number of allylic oxidation sites excluding steroid dienone is 18. The molecule has 0 aliphatic heterocycles. The number of carbonyl (C=O) groups excluding carboxylic acids is 2. The second kappa shape index (κ2) is 42.3. The number of hydrogen-bond acceptors (Lipinski definition) is 8. The number of phosphoric acid groups is 1. The van der Waals surface area contributed by atoms with Crippen molar-refractivity contribution < 1.29 is 37.6 Å². The highest BCUT2D eigenvalue weighted by Crippen LogP contribution is 2.43.